The zero-order chi connectivity index (χ0) is 13.1. The van der Waals surface area contributed by atoms with Gasteiger partial charge in [-0.15, -0.1) is 0 Å². The van der Waals surface area contributed by atoms with Crippen molar-refractivity contribution in [2.45, 2.75) is 33.1 Å². The number of aryl methyl sites for hydroxylation is 1. The van der Waals surface area contributed by atoms with Gasteiger partial charge in [0, 0.05) is 12.7 Å². The third-order valence-electron chi connectivity index (χ3n) is 3.49. The Balaban J connectivity index is 2.48. The van der Waals surface area contributed by atoms with E-state index in [9.17, 15) is 4.79 Å². The summed E-state index contributed by atoms with van der Waals surface area (Å²) in [7, 11) is 1.55. The molecule has 18 heavy (non-hydrogen) atoms. The van der Waals surface area contributed by atoms with Gasteiger partial charge in [0.2, 0.25) is 0 Å². The summed E-state index contributed by atoms with van der Waals surface area (Å²) in [6.45, 7) is 4.93. The third-order valence-corrected chi connectivity index (χ3v) is 3.49. The Morgan fingerprint density at radius 3 is 2.89 bits per heavy atom. The van der Waals surface area contributed by atoms with E-state index >= 15 is 0 Å². The van der Waals surface area contributed by atoms with Crippen molar-refractivity contribution >= 4 is 5.78 Å². The second-order valence-electron chi connectivity index (χ2n) is 4.84. The monoisotopic (exact) mass is 248 g/mol. The quantitative estimate of drug-likeness (QED) is 0.772. The molecule has 0 aliphatic carbocycles. The lowest BCUT2D eigenvalue weighted by Gasteiger charge is -2.16. The minimum absolute atomic E-state index is 0.0464. The fourth-order valence-corrected chi connectivity index (χ4v) is 2.54. The molecule has 0 amide bonds. The maximum absolute atomic E-state index is 12.0. The van der Waals surface area contributed by atoms with Crippen LogP contribution < -0.4 is 4.74 Å². The summed E-state index contributed by atoms with van der Waals surface area (Å²) in [4.78, 5) is 12.0. The van der Waals surface area contributed by atoms with Crippen LogP contribution in [-0.2, 0) is 11.2 Å². The van der Waals surface area contributed by atoms with Crippen molar-refractivity contribution in [2.24, 2.45) is 0 Å². The van der Waals surface area contributed by atoms with Crippen molar-refractivity contribution < 1.29 is 14.3 Å². The van der Waals surface area contributed by atoms with Crippen molar-refractivity contribution in [3.8, 4) is 5.75 Å². The number of ketones is 1. The second-order valence-corrected chi connectivity index (χ2v) is 4.84. The van der Waals surface area contributed by atoms with Crippen LogP contribution in [0, 0.1) is 13.8 Å². The lowest BCUT2D eigenvalue weighted by molar-refractivity contribution is 0.0847. The molecule has 1 aromatic rings. The molecule has 0 spiro atoms. The number of carbonyl (C=O) groups excluding carboxylic acids is 1. The first-order valence-corrected chi connectivity index (χ1v) is 6.43. The van der Waals surface area contributed by atoms with Gasteiger partial charge in [-0.25, -0.2) is 0 Å². The molecule has 0 radical (unpaired) electrons. The molecule has 3 nitrogen and oxygen atoms in total. The highest BCUT2D eigenvalue weighted by atomic mass is 16.5. The molecule has 1 aliphatic heterocycles. The van der Waals surface area contributed by atoms with Crippen LogP contribution in [0.5, 0.6) is 5.75 Å². The van der Waals surface area contributed by atoms with Crippen LogP contribution in [0.15, 0.2) is 6.07 Å². The first-order chi connectivity index (χ1) is 8.65. The smallest absolute Gasteiger partial charge is 0.188 e. The zero-order valence-corrected chi connectivity index (χ0v) is 11.3. The van der Waals surface area contributed by atoms with Gasteiger partial charge in [-0.3, -0.25) is 4.79 Å². The lowest BCUT2D eigenvalue weighted by atomic mass is 9.93. The summed E-state index contributed by atoms with van der Waals surface area (Å²) in [6, 6.07) is 1.93. The van der Waals surface area contributed by atoms with Crippen molar-refractivity contribution in [3.05, 3.63) is 28.3 Å². The average Bonchev–Trinajstić information content (AvgIpc) is 2.60. The number of benzene rings is 1. The highest BCUT2D eigenvalue weighted by Crippen LogP contribution is 2.33. The van der Waals surface area contributed by atoms with Crippen LogP contribution >= 0.6 is 0 Å². The number of hydrogen-bond acceptors (Lipinski definition) is 3. The van der Waals surface area contributed by atoms with E-state index < -0.39 is 0 Å². The summed E-state index contributed by atoms with van der Waals surface area (Å²) in [5, 5.41) is 0. The minimum atomic E-state index is 0.0464. The van der Waals surface area contributed by atoms with E-state index in [1.165, 1.54) is 5.56 Å². The van der Waals surface area contributed by atoms with Gasteiger partial charge >= 0.3 is 0 Å². The van der Waals surface area contributed by atoms with E-state index in [1.807, 2.05) is 19.9 Å². The Kier molecular flexibility index (Phi) is 4.02. The normalized spacial score (nSPS) is 14.6. The third kappa shape index (κ3) is 2.41. The van der Waals surface area contributed by atoms with Crippen molar-refractivity contribution in [2.75, 3.05) is 20.3 Å². The van der Waals surface area contributed by atoms with Gasteiger partial charge in [-0.05, 0) is 55.9 Å². The molecule has 1 aromatic carbocycles. The predicted octanol–water partition coefficient (Wildman–Crippen LogP) is 2.85. The Morgan fingerprint density at radius 1 is 1.39 bits per heavy atom. The fraction of sp³-hybridized carbons (Fsp3) is 0.533. The molecule has 0 saturated heterocycles. The second kappa shape index (κ2) is 5.53. The van der Waals surface area contributed by atoms with E-state index in [2.05, 4.69) is 0 Å². The molecule has 0 bridgehead atoms. The van der Waals surface area contributed by atoms with E-state index in [4.69, 9.17) is 9.47 Å². The number of fused-ring (bicyclic) bond motifs is 1. The molecule has 0 fully saturated rings. The zero-order valence-electron chi connectivity index (χ0n) is 11.3. The molecule has 0 atom stereocenters. The van der Waals surface area contributed by atoms with Crippen LogP contribution in [0.25, 0.3) is 0 Å². The van der Waals surface area contributed by atoms with Crippen molar-refractivity contribution in [3.63, 3.8) is 0 Å². The maximum atomic E-state index is 12.0. The number of carbonyl (C=O) groups is 1. The molecule has 1 heterocycles. The summed E-state index contributed by atoms with van der Waals surface area (Å²) in [5.74, 6) is 1.03. The van der Waals surface area contributed by atoms with Gasteiger partial charge in [0.15, 0.2) is 5.78 Å². The molecular weight excluding hydrogens is 228 g/mol. The molecule has 0 saturated carbocycles. The molecule has 0 N–H and O–H groups in total. The maximum Gasteiger partial charge on any atom is 0.188 e. The van der Waals surface area contributed by atoms with E-state index in [1.54, 1.807) is 7.11 Å². The Morgan fingerprint density at radius 2 is 2.17 bits per heavy atom. The SMILES string of the molecule is COCC(=O)c1cc(C)c2c(c1C)CCCCO2. The van der Waals surface area contributed by atoms with Crippen LogP contribution in [0.1, 0.15) is 39.9 Å². The van der Waals surface area contributed by atoms with E-state index in [0.29, 0.717) is 0 Å². The highest BCUT2D eigenvalue weighted by molar-refractivity contribution is 5.99. The molecule has 0 unspecified atom stereocenters. The van der Waals surface area contributed by atoms with Crippen molar-refractivity contribution in [1.29, 1.82) is 0 Å². The van der Waals surface area contributed by atoms with Gasteiger partial charge in [0.05, 0.1) is 6.61 Å². The predicted molar refractivity (Wildman–Crippen MR) is 70.6 cm³/mol. The molecule has 2 rings (SSSR count). The first kappa shape index (κ1) is 13.1. The van der Waals surface area contributed by atoms with Crippen LogP contribution in [0.4, 0.5) is 0 Å². The van der Waals surface area contributed by atoms with Gasteiger partial charge in [0.25, 0.3) is 0 Å². The molecule has 1 aliphatic rings. The topological polar surface area (TPSA) is 35.5 Å². The Bertz CT molecular complexity index is 463. The summed E-state index contributed by atoms with van der Waals surface area (Å²) >= 11 is 0. The largest absolute Gasteiger partial charge is 0.493 e. The Labute approximate surface area is 108 Å². The fourth-order valence-electron chi connectivity index (χ4n) is 2.54. The summed E-state index contributed by atoms with van der Waals surface area (Å²) in [6.07, 6.45) is 3.19. The average molecular weight is 248 g/mol. The van der Waals surface area contributed by atoms with Gasteiger partial charge in [-0.1, -0.05) is 0 Å². The number of rotatable bonds is 3. The molecule has 3 heteroatoms. The summed E-state index contributed by atoms with van der Waals surface area (Å²) in [5.41, 5.74) is 4.09. The van der Waals surface area contributed by atoms with Gasteiger partial charge < -0.3 is 9.47 Å². The van der Waals surface area contributed by atoms with Crippen LogP contribution in [0.2, 0.25) is 0 Å². The highest BCUT2D eigenvalue weighted by Gasteiger charge is 2.19. The van der Waals surface area contributed by atoms with Gasteiger partial charge in [-0.2, -0.15) is 0 Å². The first-order valence-electron chi connectivity index (χ1n) is 6.43. The number of ether oxygens (including phenoxy) is 2. The molecule has 98 valence electrons. The van der Waals surface area contributed by atoms with Crippen LogP contribution in [0.3, 0.4) is 0 Å². The van der Waals surface area contributed by atoms with Crippen LogP contribution in [-0.4, -0.2) is 26.1 Å². The number of methoxy groups -OCH3 is 1. The Hall–Kier alpha value is -1.35. The molecule has 0 aromatic heterocycles. The van der Waals surface area contributed by atoms with E-state index in [-0.39, 0.29) is 12.4 Å². The lowest BCUT2D eigenvalue weighted by Crippen LogP contribution is -2.11. The number of Topliss-reactive ketones (excluding diaryl/α,β-unsaturated/α-hetero) is 1. The summed E-state index contributed by atoms with van der Waals surface area (Å²) < 4.78 is 10.8. The minimum Gasteiger partial charge on any atom is -0.493 e. The van der Waals surface area contributed by atoms with E-state index in [0.717, 1.165) is 48.3 Å². The standard InChI is InChI=1S/C15H20O3/c1-10-8-13(14(16)9-17-3)11(2)12-6-4-5-7-18-15(10)12/h8H,4-7,9H2,1-3H3. The van der Waals surface area contributed by atoms with Gasteiger partial charge in [0.1, 0.15) is 12.4 Å². The number of hydrogen-bond donors (Lipinski definition) is 0. The molecular formula is C15H20O3. The van der Waals surface area contributed by atoms with Crippen molar-refractivity contribution in [1.82, 2.24) is 0 Å².